The van der Waals surface area contributed by atoms with Crippen molar-refractivity contribution < 1.29 is 9.53 Å². The van der Waals surface area contributed by atoms with E-state index in [0.717, 1.165) is 5.92 Å². The second kappa shape index (κ2) is 5.07. The van der Waals surface area contributed by atoms with Crippen LogP contribution in [-0.2, 0) is 9.53 Å². The summed E-state index contributed by atoms with van der Waals surface area (Å²) < 4.78 is 5.93. The number of carbonyl (C=O) groups is 1. The maximum absolute atomic E-state index is 11.8. The van der Waals surface area contributed by atoms with Gasteiger partial charge in [-0.05, 0) is 42.9 Å². The van der Waals surface area contributed by atoms with Gasteiger partial charge in [0.1, 0.15) is 5.60 Å². The summed E-state index contributed by atoms with van der Waals surface area (Å²) in [6.45, 7) is 10.2. The molecule has 0 heterocycles. The third-order valence-corrected chi connectivity index (χ3v) is 5.22. The highest BCUT2D eigenvalue weighted by Gasteiger charge is 2.53. The third kappa shape index (κ3) is 2.10. The van der Waals surface area contributed by atoms with Crippen LogP contribution >= 0.6 is 0 Å². The summed E-state index contributed by atoms with van der Waals surface area (Å²) >= 11 is 0. The Kier molecular flexibility index (Phi) is 3.84. The zero-order valence-corrected chi connectivity index (χ0v) is 11.9. The van der Waals surface area contributed by atoms with Crippen molar-refractivity contribution in [1.29, 1.82) is 0 Å². The molecule has 0 aromatic carbocycles. The Morgan fingerprint density at radius 1 is 1.39 bits per heavy atom. The smallest absolute Gasteiger partial charge is 0.330 e. The molecule has 2 nitrogen and oxygen atoms in total. The van der Waals surface area contributed by atoms with Gasteiger partial charge in [0.25, 0.3) is 0 Å². The topological polar surface area (TPSA) is 26.3 Å². The molecule has 2 saturated carbocycles. The Morgan fingerprint density at radius 2 is 2.11 bits per heavy atom. The fourth-order valence-electron chi connectivity index (χ4n) is 4.56. The fraction of sp³-hybridized carbons (Fsp3) is 0.812. The second-order valence-corrected chi connectivity index (χ2v) is 6.50. The molecule has 2 bridgehead atoms. The van der Waals surface area contributed by atoms with E-state index in [1.807, 2.05) is 0 Å². The summed E-state index contributed by atoms with van der Waals surface area (Å²) in [5.74, 6) is 1.99. The van der Waals surface area contributed by atoms with Gasteiger partial charge < -0.3 is 4.74 Å². The van der Waals surface area contributed by atoms with Crippen molar-refractivity contribution in [1.82, 2.24) is 0 Å². The third-order valence-electron chi connectivity index (χ3n) is 5.22. The zero-order valence-electron chi connectivity index (χ0n) is 11.9. The highest BCUT2D eigenvalue weighted by molar-refractivity contribution is 5.81. The quantitative estimate of drug-likeness (QED) is 0.560. The van der Waals surface area contributed by atoms with Crippen molar-refractivity contribution in [2.45, 2.75) is 58.5 Å². The summed E-state index contributed by atoms with van der Waals surface area (Å²) in [5.41, 5.74) is -0.262. The molecule has 102 valence electrons. The van der Waals surface area contributed by atoms with E-state index >= 15 is 0 Å². The van der Waals surface area contributed by atoms with Crippen molar-refractivity contribution >= 4 is 5.97 Å². The van der Waals surface area contributed by atoms with Crippen LogP contribution in [0.15, 0.2) is 12.7 Å². The SMILES string of the molecule is C=CC(=O)OC1(C(C)C)C(C)CC2CCCC1C2. The molecule has 0 amide bonds. The molecule has 0 aromatic heterocycles. The van der Waals surface area contributed by atoms with E-state index in [-0.39, 0.29) is 11.6 Å². The van der Waals surface area contributed by atoms with E-state index in [0.29, 0.717) is 17.8 Å². The Morgan fingerprint density at radius 3 is 2.72 bits per heavy atom. The van der Waals surface area contributed by atoms with Gasteiger partial charge in [0.05, 0.1) is 0 Å². The van der Waals surface area contributed by atoms with Crippen LogP contribution < -0.4 is 0 Å². The number of carbonyl (C=O) groups excluding carboxylic acids is 1. The minimum Gasteiger partial charge on any atom is -0.455 e. The number of ether oxygens (including phenoxy) is 1. The molecule has 0 spiro atoms. The standard InChI is InChI=1S/C16H26O2/c1-5-15(17)18-16(11(2)3)12(4)9-13-7-6-8-14(16)10-13/h5,11-14H,1,6-10H2,2-4H3. The van der Waals surface area contributed by atoms with E-state index < -0.39 is 0 Å². The molecule has 2 rings (SSSR count). The van der Waals surface area contributed by atoms with Gasteiger partial charge in [0, 0.05) is 6.08 Å². The molecule has 0 N–H and O–H groups in total. The molecule has 0 saturated heterocycles. The van der Waals surface area contributed by atoms with Crippen molar-refractivity contribution in [3.63, 3.8) is 0 Å². The van der Waals surface area contributed by atoms with Crippen LogP contribution in [0.1, 0.15) is 52.9 Å². The lowest BCUT2D eigenvalue weighted by Gasteiger charge is -2.54. The molecular weight excluding hydrogens is 224 g/mol. The fourth-order valence-corrected chi connectivity index (χ4v) is 4.56. The molecule has 2 aliphatic carbocycles. The highest BCUT2D eigenvalue weighted by Crippen LogP contribution is 2.53. The van der Waals surface area contributed by atoms with E-state index in [9.17, 15) is 4.79 Å². The van der Waals surface area contributed by atoms with Crippen LogP contribution in [0.4, 0.5) is 0 Å². The van der Waals surface area contributed by atoms with Crippen molar-refractivity contribution in [2.24, 2.45) is 23.7 Å². The van der Waals surface area contributed by atoms with E-state index in [4.69, 9.17) is 4.74 Å². The van der Waals surface area contributed by atoms with Gasteiger partial charge in [-0.15, -0.1) is 0 Å². The molecule has 0 radical (unpaired) electrons. The van der Waals surface area contributed by atoms with Crippen molar-refractivity contribution in [2.75, 3.05) is 0 Å². The van der Waals surface area contributed by atoms with Crippen LogP contribution in [0, 0.1) is 23.7 Å². The summed E-state index contributed by atoms with van der Waals surface area (Å²) in [6.07, 6.45) is 7.63. The first-order valence-electron chi connectivity index (χ1n) is 7.36. The lowest BCUT2D eigenvalue weighted by atomic mass is 9.56. The monoisotopic (exact) mass is 250 g/mol. The van der Waals surface area contributed by atoms with Crippen LogP contribution in [0.25, 0.3) is 0 Å². The maximum Gasteiger partial charge on any atom is 0.330 e. The first-order chi connectivity index (χ1) is 8.50. The molecule has 0 aliphatic heterocycles. The van der Waals surface area contributed by atoms with E-state index in [1.54, 1.807) is 0 Å². The minimum absolute atomic E-state index is 0.250. The maximum atomic E-state index is 11.8. The molecule has 4 atom stereocenters. The van der Waals surface area contributed by atoms with Crippen LogP contribution in [0.5, 0.6) is 0 Å². The summed E-state index contributed by atoms with van der Waals surface area (Å²) in [4.78, 5) is 11.8. The summed E-state index contributed by atoms with van der Waals surface area (Å²) in [7, 11) is 0. The summed E-state index contributed by atoms with van der Waals surface area (Å²) in [6, 6.07) is 0. The molecule has 4 unspecified atom stereocenters. The average molecular weight is 250 g/mol. The lowest BCUT2D eigenvalue weighted by Crippen LogP contribution is -2.56. The van der Waals surface area contributed by atoms with Crippen LogP contribution in [0.2, 0.25) is 0 Å². The lowest BCUT2D eigenvalue weighted by molar-refractivity contribution is -0.195. The second-order valence-electron chi connectivity index (χ2n) is 6.50. The molecule has 2 fully saturated rings. The minimum atomic E-state index is -0.262. The predicted octanol–water partition coefficient (Wildman–Crippen LogP) is 3.96. The zero-order chi connectivity index (χ0) is 13.3. The molecule has 2 aliphatic rings. The number of esters is 1. The summed E-state index contributed by atoms with van der Waals surface area (Å²) in [5, 5.41) is 0. The molecule has 2 heteroatoms. The normalized spacial score (nSPS) is 39.4. The van der Waals surface area contributed by atoms with Gasteiger partial charge >= 0.3 is 5.97 Å². The van der Waals surface area contributed by atoms with E-state index in [2.05, 4.69) is 27.4 Å². The van der Waals surface area contributed by atoms with Gasteiger partial charge in [-0.3, -0.25) is 0 Å². The first-order valence-corrected chi connectivity index (χ1v) is 7.36. The van der Waals surface area contributed by atoms with Gasteiger partial charge in [-0.2, -0.15) is 0 Å². The number of fused-ring (bicyclic) bond motifs is 2. The predicted molar refractivity (Wildman–Crippen MR) is 73.1 cm³/mol. The highest BCUT2D eigenvalue weighted by atomic mass is 16.6. The van der Waals surface area contributed by atoms with Gasteiger partial charge in [0.2, 0.25) is 0 Å². The average Bonchev–Trinajstić information content (AvgIpc) is 2.34. The Labute approximate surface area is 111 Å². The number of rotatable bonds is 3. The number of hydrogen-bond donors (Lipinski definition) is 0. The number of hydrogen-bond acceptors (Lipinski definition) is 2. The Balaban J connectivity index is 2.30. The van der Waals surface area contributed by atoms with Crippen LogP contribution in [-0.4, -0.2) is 11.6 Å². The van der Waals surface area contributed by atoms with E-state index in [1.165, 1.54) is 38.2 Å². The van der Waals surface area contributed by atoms with Gasteiger partial charge in [0.15, 0.2) is 0 Å². The van der Waals surface area contributed by atoms with Crippen LogP contribution in [0.3, 0.4) is 0 Å². The Hall–Kier alpha value is -0.790. The Bertz CT molecular complexity index is 332. The van der Waals surface area contributed by atoms with Crippen molar-refractivity contribution in [3.8, 4) is 0 Å². The van der Waals surface area contributed by atoms with Gasteiger partial charge in [-0.25, -0.2) is 4.79 Å². The molecular formula is C16H26O2. The molecule has 18 heavy (non-hydrogen) atoms. The first kappa shape index (κ1) is 13.6. The van der Waals surface area contributed by atoms with Crippen molar-refractivity contribution in [3.05, 3.63) is 12.7 Å². The van der Waals surface area contributed by atoms with Gasteiger partial charge in [-0.1, -0.05) is 40.2 Å². The largest absolute Gasteiger partial charge is 0.455 e. The molecule has 0 aromatic rings.